The van der Waals surface area contributed by atoms with Crippen molar-refractivity contribution in [2.24, 2.45) is 0 Å². The molecule has 34 heavy (non-hydrogen) atoms. The van der Waals surface area contributed by atoms with Crippen molar-refractivity contribution in [1.29, 1.82) is 0 Å². The van der Waals surface area contributed by atoms with Crippen LogP contribution in [0.2, 0.25) is 0 Å². The summed E-state index contributed by atoms with van der Waals surface area (Å²) in [6.07, 6.45) is 18.9. The van der Waals surface area contributed by atoms with Gasteiger partial charge in [0.25, 0.3) is 0 Å². The summed E-state index contributed by atoms with van der Waals surface area (Å²) in [5.74, 6) is -0.0385. The normalized spacial score (nSPS) is 36.5. The highest BCUT2D eigenvalue weighted by Crippen LogP contribution is 2.23. The van der Waals surface area contributed by atoms with Gasteiger partial charge >= 0.3 is 11.9 Å². The highest BCUT2D eigenvalue weighted by atomic mass is 16.5. The molecule has 196 valence electrons. The average molecular weight is 479 g/mol. The number of carbonyl (C=O) groups is 2. The second kappa shape index (κ2) is 15.1. The molecular formula is C28H50N2O4. The summed E-state index contributed by atoms with van der Waals surface area (Å²) < 4.78 is 11.6. The number of esters is 2. The first-order valence-corrected chi connectivity index (χ1v) is 14.4. The fraction of sp³-hybridized carbons (Fsp3) is 0.929. The Morgan fingerprint density at radius 3 is 1.32 bits per heavy atom. The number of piperidine rings is 2. The van der Waals surface area contributed by atoms with E-state index in [-0.39, 0.29) is 36.2 Å². The fourth-order valence-electron chi connectivity index (χ4n) is 5.97. The Labute approximate surface area is 207 Å². The predicted molar refractivity (Wildman–Crippen MR) is 136 cm³/mol. The van der Waals surface area contributed by atoms with E-state index in [1.54, 1.807) is 0 Å². The molecule has 6 saturated heterocycles. The van der Waals surface area contributed by atoms with Crippen molar-refractivity contribution in [1.82, 2.24) is 10.6 Å². The molecule has 6 aliphatic rings. The van der Waals surface area contributed by atoms with Crippen LogP contribution in [-0.2, 0) is 19.1 Å². The van der Waals surface area contributed by atoms with E-state index in [9.17, 15) is 9.59 Å². The SMILES string of the molecule is C[C@H]1N[C@H]2CCCCCCCC(=O)O[C@@H]3CC[C@H](CCCCCCCC(=O)O[C@@H]1CC2)N[C@@H]3C. The van der Waals surface area contributed by atoms with Crippen LogP contribution in [0, 0.1) is 0 Å². The number of ether oxygens (including phenoxy) is 2. The van der Waals surface area contributed by atoms with Gasteiger partial charge in [0.05, 0.1) is 0 Å². The molecule has 6 heteroatoms. The first kappa shape index (κ1) is 27.4. The Morgan fingerprint density at radius 1 is 0.529 bits per heavy atom. The third-order valence-corrected chi connectivity index (χ3v) is 8.14. The van der Waals surface area contributed by atoms with Gasteiger partial charge in [-0.2, -0.15) is 0 Å². The van der Waals surface area contributed by atoms with E-state index in [1.807, 2.05) is 0 Å². The number of nitrogens with one attached hydrogen (secondary N) is 2. The van der Waals surface area contributed by atoms with Crippen molar-refractivity contribution in [2.45, 2.75) is 166 Å². The monoisotopic (exact) mass is 478 g/mol. The zero-order valence-electron chi connectivity index (χ0n) is 21.8. The van der Waals surface area contributed by atoms with Crippen molar-refractivity contribution in [2.75, 3.05) is 0 Å². The van der Waals surface area contributed by atoms with E-state index in [0.29, 0.717) is 24.9 Å². The van der Waals surface area contributed by atoms with Gasteiger partial charge in [0.2, 0.25) is 0 Å². The molecule has 6 rings (SSSR count). The van der Waals surface area contributed by atoms with Crippen LogP contribution in [0.4, 0.5) is 0 Å². The summed E-state index contributed by atoms with van der Waals surface area (Å²) in [6, 6.07) is 1.53. The van der Waals surface area contributed by atoms with Crippen LogP contribution in [0.5, 0.6) is 0 Å². The van der Waals surface area contributed by atoms with Crippen LogP contribution in [0.3, 0.4) is 0 Å². The number of rotatable bonds is 0. The van der Waals surface area contributed by atoms with Gasteiger partial charge < -0.3 is 20.1 Å². The lowest BCUT2D eigenvalue weighted by Crippen LogP contribution is -2.50. The van der Waals surface area contributed by atoms with Gasteiger partial charge in [-0.1, -0.05) is 51.4 Å². The van der Waals surface area contributed by atoms with Crippen LogP contribution < -0.4 is 10.6 Å². The van der Waals surface area contributed by atoms with Gasteiger partial charge in [-0.15, -0.1) is 0 Å². The smallest absolute Gasteiger partial charge is 0.306 e. The van der Waals surface area contributed by atoms with Gasteiger partial charge in [-0.3, -0.25) is 9.59 Å². The Kier molecular flexibility index (Phi) is 12.2. The molecule has 0 aromatic rings. The molecule has 0 aromatic heterocycles. The maximum atomic E-state index is 12.3. The summed E-state index contributed by atoms with van der Waals surface area (Å²) in [6.45, 7) is 4.31. The summed E-state index contributed by atoms with van der Waals surface area (Å²) in [7, 11) is 0. The highest BCUT2D eigenvalue weighted by Gasteiger charge is 2.30. The van der Waals surface area contributed by atoms with Crippen LogP contribution in [0.25, 0.3) is 0 Å². The summed E-state index contributed by atoms with van der Waals surface area (Å²) in [4.78, 5) is 24.6. The summed E-state index contributed by atoms with van der Waals surface area (Å²) >= 11 is 0. The van der Waals surface area contributed by atoms with Gasteiger partial charge in [0, 0.05) is 37.0 Å². The van der Waals surface area contributed by atoms with E-state index in [4.69, 9.17) is 9.47 Å². The zero-order chi connectivity index (χ0) is 24.2. The average Bonchev–Trinajstić information content (AvgIpc) is 2.80. The fourth-order valence-corrected chi connectivity index (χ4v) is 5.97. The quantitative estimate of drug-likeness (QED) is 0.444. The molecule has 6 atom stereocenters. The Hall–Kier alpha value is -1.14. The Morgan fingerprint density at radius 2 is 0.912 bits per heavy atom. The van der Waals surface area contributed by atoms with E-state index in [0.717, 1.165) is 51.4 Å². The first-order chi connectivity index (χ1) is 16.5. The molecule has 6 aliphatic heterocycles. The number of carbonyl (C=O) groups excluding carboxylic acids is 2. The van der Waals surface area contributed by atoms with Crippen molar-refractivity contribution in [3.05, 3.63) is 0 Å². The van der Waals surface area contributed by atoms with Crippen LogP contribution in [0.1, 0.15) is 129 Å². The molecule has 0 unspecified atom stereocenters. The van der Waals surface area contributed by atoms with Gasteiger partial charge in [0.15, 0.2) is 0 Å². The molecule has 0 amide bonds. The standard InChI is InChI=1S/C28H50N2O4/c1-21-25-19-17-23(29-21)13-9-5-3-8-12-16-28(32)34-26-20-18-24(30-22(26)2)14-10-6-4-7-11-15-27(31)33-25/h21-26,29-30H,3-20H2,1-2H3/t21-,22-,23+,24+,25-,26-/m1/s1. The Bertz CT molecular complexity index is 561. The minimum Gasteiger partial charge on any atom is -0.461 e. The number of hydrogen-bond donors (Lipinski definition) is 2. The van der Waals surface area contributed by atoms with E-state index in [2.05, 4.69) is 24.5 Å². The highest BCUT2D eigenvalue weighted by molar-refractivity contribution is 5.69. The van der Waals surface area contributed by atoms with Gasteiger partial charge in [-0.25, -0.2) is 0 Å². The van der Waals surface area contributed by atoms with Crippen molar-refractivity contribution in [3.8, 4) is 0 Å². The molecule has 0 aromatic carbocycles. The third-order valence-electron chi connectivity index (χ3n) is 8.14. The predicted octanol–water partition coefficient (Wildman–Crippen LogP) is 5.57. The summed E-state index contributed by atoms with van der Waals surface area (Å²) in [5.41, 5.74) is 0. The zero-order valence-corrected chi connectivity index (χ0v) is 21.8. The molecule has 6 heterocycles. The second-order valence-electron chi connectivity index (χ2n) is 11.1. The molecule has 0 spiro atoms. The maximum Gasteiger partial charge on any atom is 0.306 e. The molecule has 2 N–H and O–H groups in total. The molecule has 6 fully saturated rings. The van der Waals surface area contributed by atoms with Crippen LogP contribution in [0.15, 0.2) is 0 Å². The number of hydrogen-bond acceptors (Lipinski definition) is 6. The van der Waals surface area contributed by atoms with E-state index in [1.165, 1.54) is 51.4 Å². The first-order valence-electron chi connectivity index (χ1n) is 14.4. The minimum absolute atomic E-state index is 0.0193. The van der Waals surface area contributed by atoms with Crippen LogP contribution in [-0.4, -0.2) is 48.3 Å². The van der Waals surface area contributed by atoms with E-state index < -0.39 is 0 Å². The molecule has 0 aliphatic carbocycles. The van der Waals surface area contributed by atoms with Crippen molar-refractivity contribution in [3.63, 3.8) is 0 Å². The van der Waals surface area contributed by atoms with Gasteiger partial charge in [-0.05, 0) is 65.2 Å². The maximum absolute atomic E-state index is 12.3. The Balaban J connectivity index is 1.43. The topological polar surface area (TPSA) is 76.7 Å². The lowest BCUT2D eigenvalue weighted by Gasteiger charge is -2.35. The lowest BCUT2D eigenvalue weighted by atomic mass is 9.92. The van der Waals surface area contributed by atoms with Crippen molar-refractivity contribution >= 4 is 11.9 Å². The third kappa shape index (κ3) is 9.85. The van der Waals surface area contributed by atoms with Gasteiger partial charge in [0.1, 0.15) is 12.2 Å². The van der Waals surface area contributed by atoms with E-state index >= 15 is 0 Å². The molecule has 0 saturated carbocycles. The van der Waals surface area contributed by atoms with Crippen LogP contribution >= 0.6 is 0 Å². The molecule has 6 nitrogen and oxygen atoms in total. The summed E-state index contributed by atoms with van der Waals surface area (Å²) in [5, 5.41) is 7.35. The lowest BCUT2D eigenvalue weighted by molar-refractivity contribution is -0.153. The molecule has 4 bridgehead atoms. The largest absolute Gasteiger partial charge is 0.461 e. The second-order valence-corrected chi connectivity index (χ2v) is 11.1. The minimum atomic E-state index is -0.0193. The molecular weight excluding hydrogens is 428 g/mol. The van der Waals surface area contributed by atoms with Crippen molar-refractivity contribution < 1.29 is 19.1 Å². The molecule has 0 radical (unpaired) electrons.